The molecule has 0 aliphatic carbocycles. The number of carbonyl (C=O) groups excluding carboxylic acids is 2. The number of ether oxygens (including phenoxy) is 3. The van der Waals surface area contributed by atoms with Gasteiger partial charge in [0.1, 0.15) is 18.1 Å². The van der Waals surface area contributed by atoms with Gasteiger partial charge in [0.25, 0.3) is 5.91 Å². The molecule has 1 saturated heterocycles. The monoisotopic (exact) mass is 360 g/mol. The number of benzene rings is 1. The summed E-state index contributed by atoms with van der Waals surface area (Å²) < 4.78 is 20.9. The predicted molar refractivity (Wildman–Crippen MR) is 91.1 cm³/mol. The van der Waals surface area contributed by atoms with Gasteiger partial charge in [0.05, 0.1) is 11.7 Å². The fourth-order valence-electron chi connectivity index (χ4n) is 2.47. The highest BCUT2D eigenvalue weighted by molar-refractivity contribution is 5.95. The minimum Gasteiger partial charge on any atom is -0.491 e. The lowest BCUT2D eigenvalue weighted by atomic mass is 10.2. The second-order valence-electron chi connectivity index (χ2n) is 5.92. The molecule has 0 spiro atoms. The van der Waals surface area contributed by atoms with E-state index in [0.29, 0.717) is 23.7 Å². The Bertz CT molecular complexity index is 749. The molecular formula is C18H20N2O6. The summed E-state index contributed by atoms with van der Waals surface area (Å²) in [5.41, 5.74) is 0.333. The van der Waals surface area contributed by atoms with Crippen LogP contribution in [0.4, 0.5) is 5.82 Å². The Kier molecular flexibility index (Phi) is 5.85. The molecule has 1 aromatic heterocycles. The maximum absolute atomic E-state index is 12.0. The van der Waals surface area contributed by atoms with Crippen molar-refractivity contribution >= 4 is 17.7 Å². The summed E-state index contributed by atoms with van der Waals surface area (Å²) in [4.78, 5) is 23.7. The van der Waals surface area contributed by atoms with Crippen molar-refractivity contribution < 1.29 is 28.3 Å². The van der Waals surface area contributed by atoms with E-state index in [1.165, 1.54) is 0 Å². The first kappa shape index (κ1) is 17.9. The maximum Gasteiger partial charge on any atom is 0.338 e. The minimum absolute atomic E-state index is 0.131. The SMILES string of the molecule is Cc1cc(NC(=O)COC(=O)c2ccc(OCC3CCCO3)cc2)no1. The lowest BCUT2D eigenvalue weighted by Gasteiger charge is -2.11. The number of aryl methyl sites for hydroxylation is 1. The molecule has 138 valence electrons. The standard InChI is InChI=1S/C18H20N2O6/c1-12-9-16(20-26-12)19-17(21)11-25-18(22)13-4-6-14(7-5-13)24-10-15-3-2-8-23-15/h4-7,9,15H,2-3,8,10-11H2,1H3,(H,19,20,21). The zero-order valence-corrected chi connectivity index (χ0v) is 14.4. The smallest absolute Gasteiger partial charge is 0.338 e. The number of anilines is 1. The average Bonchev–Trinajstić information content (AvgIpc) is 3.30. The van der Waals surface area contributed by atoms with Crippen LogP contribution in [0.25, 0.3) is 0 Å². The number of amides is 1. The van der Waals surface area contributed by atoms with Crippen molar-refractivity contribution in [2.45, 2.75) is 25.9 Å². The van der Waals surface area contributed by atoms with Crippen LogP contribution in [0.1, 0.15) is 29.0 Å². The Morgan fingerprint density at radius 1 is 1.31 bits per heavy atom. The third-order valence-corrected chi connectivity index (χ3v) is 3.78. The Morgan fingerprint density at radius 2 is 2.12 bits per heavy atom. The van der Waals surface area contributed by atoms with Crippen LogP contribution in [0.15, 0.2) is 34.9 Å². The van der Waals surface area contributed by atoms with Gasteiger partial charge in [-0.2, -0.15) is 0 Å². The number of nitrogens with one attached hydrogen (secondary N) is 1. The predicted octanol–water partition coefficient (Wildman–Crippen LogP) is 2.34. The van der Waals surface area contributed by atoms with Crippen molar-refractivity contribution in [1.82, 2.24) is 5.16 Å². The van der Waals surface area contributed by atoms with Crippen molar-refractivity contribution in [2.24, 2.45) is 0 Å². The number of hydrogen-bond acceptors (Lipinski definition) is 7. The molecule has 1 aliphatic heterocycles. The van der Waals surface area contributed by atoms with Gasteiger partial charge in [-0.3, -0.25) is 4.79 Å². The molecule has 2 heterocycles. The van der Waals surface area contributed by atoms with Crippen LogP contribution >= 0.6 is 0 Å². The first-order valence-electron chi connectivity index (χ1n) is 8.35. The van der Waals surface area contributed by atoms with Crippen LogP contribution in [0.5, 0.6) is 5.75 Å². The molecule has 26 heavy (non-hydrogen) atoms. The summed E-state index contributed by atoms with van der Waals surface area (Å²) >= 11 is 0. The van der Waals surface area contributed by atoms with E-state index in [-0.39, 0.29) is 11.9 Å². The Morgan fingerprint density at radius 3 is 2.77 bits per heavy atom. The maximum atomic E-state index is 12.0. The number of rotatable bonds is 7. The second kappa shape index (κ2) is 8.48. The molecule has 1 amide bonds. The Labute approximate surface area is 150 Å². The van der Waals surface area contributed by atoms with Crippen molar-refractivity contribution in [3.63, 3.8) is 0 Å². The zero-order valence-electron chi connectivity index (χ0n) is 14.4. The van der Waals surface area contributed by atoms with Gasteiger partial charge in [0.15, 0.2) is 12.4 Å². The molecule has 1 N–H and O–H groups in total. The summed E-state index contributed by atoms with van der Waals surface area (Å²) in [6.07, 6.45) is 2.19. The molecular weight excluding hydrogens is 340 g/mol. The van der Waals surface area contributed by atoms with Gasteiger partial charge in [0, 0.05) is 12.7 Å². The molecule has 0 radical (unpaired) electrons. The quantitative estimate of drug-likeness (QED) is 0.756. The Hall–Kier alpha value is -2.87. The molecule has 3 rings (SSSR count). The van der Waals surface area contributed by atoms with Crippen molar-refractivity contribution in [3.8, 4) is 5.75 Å². The van der Waals surface area contributed by atoms with Gasteiger partial charge in [-0.15, -0.1) is 0 Å². The van der Waals surface area contributed by atoms with Gasteiger partial charge in [0.2, 0.25) is 0 Å². The van der Waals surface area contributed by atoms with Crippen LogP contribution in [0, 0.1) is 6.92 Å². The molecule has 1 atom stereocenters. The molecule has 1 aliphatic rings. The van der Waals surface area contributed by atoms with E-state index in [2.05, 4.69) is 10.5 Å². The highest BCUT2D eigenvalue weighted by Crippen LogP contribution is 2.17. The number of esters is 1. The van der Waals surface area contributed by atoms with Crippen LogP contribution in [-0.4, -0.2) is 43.0 Å². The summed E-state index contributed by atoms with van der Waals surface area (Å²) in [5.74, 6) is 0.400. The number of nitrogens with zero attached hydrogens (tertiary/aromatic N) is 1. The van der Waals surface area contributed by atoms with E-state index in [4.69, 9.17) is 18.7 Å². The van der Waals surface area contributed by atoms with Gasteiger partial charge in [-0.05, 0) is 44.0 Å². The fourth-order valence-corrected chi connectivity index (χ4v) is 2.47. The van der Waals surface area contributed by atoms with E-state index in [0.717, 1.165) is 19.4 Å². The van der Waals surface area contributed by atoms with Gasteiger partial charge >= 0.3 is 5.97 Å². The van der Waals surface area contributed by atoms with Gasteiger partial charge in [-0.25, -0.2) is 4.79 Å². The molecule has 1 unspecified atom stereocenters. The molecule has 1 aromatic carbocycles. The number of carbonyl (C=O) groups is 2. The lowest BCUT2D eigenvalue weighted by Crippen LogP contribution is -2.21. The lowest BCUT2D eigenvalue weighted by molar-refractivity contribution is -0.119. The highest BCUT2D eigenvalue weighted by Gasteiger charge is 2.16. The molecule has 2 aromatic rings. The largest absolute Gasteiger partial charge is 0.491 e. The van der Waals surface area contributed by atoms with Crippen molar-refractivity contribution in [1.29, 1.82) is 0 Å². The number of aromatic nitrogens is 1. The van der Waals surface area contributed by atoms with E-state index in [1.807, 2.05) is 0 Å². The summed E-state index contributed by atoms with van der Waals surface area (Å²) in [6.45, 7) is 2.56. The summed E-state index contributed by atoms with van der Waals surface area (Å²) in [6, 6.07) is 8.11. The summed E-state index contributed by atoms with van der Waals surface area (Å²) in [7, 11) is 0. The van der Waals surface area contributed by atoms with Crippen LogP contribution in [-0.2, 0) is 14.3 Å². The van der Waals surface area contributed by atoms with E-state index >= 15 is 0 Å². The normalized spacial score (nSPS) is 16.3. The second-order valence-corrected chi connectivity index (χ2v) is 5.92. The first-order chi connectivity index (χ1) is 12.6. The third-order valence-electron chi connectivity index (χ3n) is 3.78. The number of hydrogen-bond donors (Lipinski definition) is 1. The Balaban J connectivity index is 1.42. The van der Waals surface area contributed by atoms with Gasteiger partial charge in [-0.1, -0.05) is 5.16 Å². The zero-order chi connectivity index (χ0) is 18.4. The average molecular weight is 360 g/mol. The van der Waals surface area contributed by atoms with Crippen molar-refractivity contribution in [2.75, 3.05) is 25.1 Å². The summed E-state index contributed by atoms with van der Waals surface area (Å²) in [5, 5.41) is 6.10. The van der Waals surface area contributed by atoms with Crippen LogP contribution in [0.3, 0.4) is 0 Å². The topological polar surface area (TPSA) is 99.9 Å². The van der Waals surface area contributed by atoms with E-state index < -0.39 is 18.5 Å². The molecule has 8 heteroatoms. The minimum atomic E-state index is -0.595. The highest BCUT2D eigenvalue weighted by atomic mass is 16.5. The van der Waals surface area contributed by atoms with Gasteiger partial charge < -0.3 is 24.1 Å². The van der Waals surface area contributed by atoms with Crippen LogP contribution in [0.2, 0.25) is 0 Å². The van der Waals surface area contributed by atoms with E-state index in [9.17, 15) is 9.59 Å². The molecule has 0 bridgehead atoms. The van der Waals surface area contributed by atoms with Crippen molar-refractivity contribution in [3.05, 3.63) is 41.7 Å². The molecule has 8 nitrogen and oxygen atoms in total. The fraction of sp³-hybridized carbons (Fsp3) is 0.389. The first-order valence-corrected chi connectivity index (χ1v) is 8.35. The molecule has 1 fully saturated rings. The molecule has 0 saturated carbocycles. The van der Waals surface area contributed by atoms with E-state index in [1.54, 1.807) is 37.3 Å². The third kappa shape index (κ3) is 5.06. The van der Waals surface area contributed by atoms with Crippen LogP contribution < -0.4 is 10.1 Å².